The number of nitrogens with one attached hydrogen (secondary N) is 1. The molecule has 5 heteroatoms. The lowest BCUT2D eigenvalue weighted by Gasteiger charge is -2.27. The highest BCUT2D eigenvalue weighted by Gasteiger charge is 2.20. The topological polar surface area (TPSA) is 32.3 Å². The first-order chi connectivity index (χ1) is 9.83. The highest BCUT2D eigenvalue weighted by atomic mass is 32.1. The maximum atomic E-state index is 12.2. The van der Waals surface area contributed by atoms with Crippen LogP contribution in [-0.2, 0) is 24.2 Å². The quantitative estimate of drug-likeness (QED) is 0.861. The van der Waals surface area contributed by atoms with Gasteiger partial charge in [0, 0.05) is 29.4 Å². The van der Waals surface area contributed by atoms with E-state index in [-0.39, 0.29) is 5.91 Å². The minimum atomic E-state index is 0.216. The summed E-state index contributed by atoms with van der Waals surface area (Å²) in [5.74, 6) is 0.216. The smallest absolute Gasteiger partial charge is 0.236 e. The molecule has 1 aliphatic rings. The van der Waals surface area contributed by atoms with Gasteiger partial charge in [-0.05, 0) is 41.3 Å². The van der Waals surface area contributed by atoms with Gasteiger partial charge in [0.05, 0.1) is 6.54 Å². The number of nitrogens with zero attached hydrogens (tertiary/aromatic N) is 1. The molecule has 1 aliphatic heterocycles. The fourth-order valence-electron chi connectivity index (χ4n) is 2.43. The monoisotopic (exact) mass is 306 g/mol. The van der Waals surface area contributed by atoms with Crippen LogP contribution in [0.15, 0.2) is 29.0 Å². The Bertz CT molecular complexity index is 562. The minimum Gasteiger partial charge on any atom is -0.337 e. The second-order valence-electron chi connectivity index (χ2n) is 4.94. The highest BCUT2D eigenvalue weighted by Crippen LogP contribution is 2.23. The summed E-state index contributed by atoms with van der Waals surface area (Å²) in [4.78, 5) is 16.9. The number of carbonyl (C=O) groups excluding carboxylic acids is 1. The van der Waals surface area contributed by atoms with Gasteiger partial charge in [0.2, 0.25) is 5.91 Å². The van der Waals surface area contributed by atoms with Gasteiger partial charge in [0.15, 0.2) is 0 Å². The van der Waals surface area contributed by atoms with Crippen LogP contribution in [0.2, 0.25) is 0 Å². The van der Waals surface area contributed by atoms with E-state index in [2.05, 4.69) is 34.3 Å². The van der Waals surface area contributed by atoms with Crippen LogP contribution >= 0.6 is 22.7 Å². The van der Waals surface area contributed by atoms with Crippen LogP contribution in [0.1, 0.15) is 15.3 Å². The van der Waals surface area contributed by atoms with Gasteiger partial charge in [-0.15, -0.1) is 22.7 Å². The predicted octanol–water partition coefficient (Wildman–Crippen LogP) is 2.53. The van der Waals surface area contributed by atoms with Crippen molar-refractivity contribution in [1.82, 2.24) is 10.2 Å². The normalized spacial score (nSPS) is 14.3. The summed E-state index contributed by atoms with van der Waals surface area (Å²) in [6.45, 7) is 2.96. The van der Waals surface area contributed by atoms with Crippen molar-refractivity contribution in [3.63, 3.8) is 0 Å². The molecular weight excluding hydrogens is 288 g/mol. The van der Waals surface area contributed by atoms with Gasteiger partial charge in [-0.2, -0.15) is 0 Å². The zero-order valence-corrected chi connectivity index (χ0v) is 12.9. The Labute approximate surface area is 127 Å². The third-order valence-electron chi connectivity index (χ3n) is 3.56. The van der Waals surface area contributed by atoms with E-state index in [1.165, 1.54) is 15.3 Å². The molecular formula is C15H18N2OS2. The average Bonchev–Trinajstić information content (AvgIpc) is 3.13. The molecule has 0 unspecified atom stereocenters. The van der Waals surface area contributed by atoms with Gasteiger partial charge < -0.3 is 10.2 Å². The Balaban J connectivity index is 1.41. The fourth-order valence-corrected chi connectivity index (χ4v) is 4.03. The van der Waals surface area contributed by atoms with Crippen molar-refractivity contribution in [2.75, 3.05) is 19.6 Å². The maximum Gasteiger partial charge on any atom is 0.236 e. The van der Waals surface area contributed by atoms with Crippen molar-refractivity contribution in [3.05, 3.63) is 44.3 Å². The molecule has 2 aromatic heterocycles. The second-order valence-corrected chi connectivity index (χ2v) is 6.97. The molecule has 0 saturated heterocycles. The van der Waals surface area contributed by atoms with Gasteiger partial charge in [-0.25, -0.2) is 0 Å². The molecule has 1 N–H and O–H groups in total. The summed E-state index contributed by atoms with van der Waals surface area (Å²) in [5, 5.41) is 7.47. The van der Waals surface area contributed by atoms with Crippen LogP contribution in [0.3, 0.4) is 0 Å². The largest absolute Gasteiger partial charge is 0.337 e. The van der Waals surface area contributed by atoms with Crippen molar-refractivity contribution >= 4 is 28.6 Å². The molecule has 0 aromatic carbocycles. The Hall–Kier alpha value is -1.17. The Kier molecular flexibility index (Phi) is 4.50. The molecule has 3 heterocycles. The van der Waals surface area contributed by atoms with Crippen LogP contribution < -0.4 is 5.32 Å². The molecule has 20 heavy (non-hydrogen) atoms. The molecule has 1 amide bonds. The van der Waals surface area contributed by atoms with Gasteiger partial charge in [-0.3, -0.25) is 4.79 Å². The van der Waals surface area contributed by atoms with Gasteiger partial charge >= 0.3 is 0 Å². The molecule has 3 rings (SSSR count). The van der Waals surface area contributed by atoms with Crippen molar-refractivity contribution in [2.24, 2.45) is 0 Å². The van der Waals surface area contributed by atoms with Crippen LogP contribution in [0.4, 0.5) is 0 Å². The van der Waals surface area contributed by atoms with E-state index >= 15 is 0 Å². The van der Waals surface area contributed by atoms with E-state index < -0.39 is 0 Å². The lowest BCUT2D eigenvalue weighted by molar-refractivity contribution is -0.131. The standard InChI is InChI=1S/C15H18N2OS2/c18-15(10-16-6-3-13-2-1-8-19-13)17-7-4-14-12(11-17)5-9-20-14/h1-2,5,8-9,16H,3-4,6-7,10-11H2. The van der Waals surface area contributed by atoms with E-state index in [1.54, 1.807) is 22.7 Å². The minimum absolute atomic E-state index is 0.216. The summed E-state index contributed by atoms with van der Waals surface area (Å²) in [6.07, 6.45) is 2.01. The summed E-state index contributed by atoms with van der Waals surface area (Å²) < 4.78 is 0. The molecule has 0 spiro atoms. The number of carbonyl (C=O) groups is 1. The van der Waals surface area contributed by atoms with E-state index in [4.69, 9.17) is 0 Å². The van der Waals surface area contributed by atoms with Crippen LogP contribution in [-0.4, -0.2) is 30.4 Å². The summed E-state index contributed by atoms with van der Waals surface area (Å²) in [6, 6.07) is 6.35. The van der Waals surface area contributed by atoms with Crippen LogP contribution in [0.25, 0.3) is 0 Å². The Morgan fingerprint density at radius 2 is 2.25 bits per heavy atom. The van der Waals surface area contributed by atoms with Crippen LogP contribution in [0.5, 0.6) is 0 Å². The average molecular weight is 306 g/mol. The van der Waals surface area contributed by atoms with Gasteiger partial charge in [0.25, 0.3) is 0 Å². The summed E-state index contributed by atoms with van der Waals surface area (Å²) >= 11 is 3.58. The SMILES string of the molecule is O=C(CNCCc1cccs1)N1CCc2sccc2C1. The van der Waals surface area contributed by atoms with Crippen molar-refractivity contribution in [2.45, 2.75) is 19.4 Å². The number of rotatable bonds is 5. The Morgan fingerprint density at radius 3 is 3.10 bits per heavy atom. The second kappa shape index (κ2) is 6.52. The van der Waals surface area contributed by atoms with Gasteiger partial charge in [0.1, 0.15) is 0 Å². The molecule has 3 nitrogen and oxygen atoms in total. The van der Waals surface area contributed by atoms with E-state index in [1.807, 2.05) is 4.90 Å². The number of hydrogen-bond donors (Lipinski definition) is 1. The molecule has 0 fully saturated rings. The first-order valence-electron chi connectivity index (χ1n) is 6.89. The number of hydrogen-bond acceptors (Lipinski definition) is 4. The van der Waals surface area contributed by atoms with Gasteiger partial charge in [-0.1, -0.05) is 6.07 Å². The molecule has 2 aromatic rings. The molecule has 106 valence electrons. The molecule has 0 aliphatic carbocycles. The number of thiophene rings is 2. The molecule has 0 radical (unpaired) electrons. The number of amides is 1. The molecule has 0 saturated carbocycles. The Morgan fingerprint density at radius 1 is 1.30 bits per heavy atom. The maximum absolute atomic E-state index is 12.2. The third kappa shape index (κ3) is 3.29. The number of fused-ring (bicyclic) bond motifs is 1. The lowest BCUT2D eigenvalue weighted by Crippen LogP contribution is -2.41. The van der Waals surface area contributed by atoms with E-state index in [9.17, 15) is 4.79 Å². The molecule has 0 bridgehead atoms. The van der Waals surface area contributed by atoms with E-state index in [0.717, 1.165) is 32.5 Å². The first kappa shape index (κ1) is 13.8. The predicted molar refractivity (Wildman–Crippen MR) is 84.3 cm³/mol. The van der Waals surface area contributed by atoms with Crippen LogP contribution in [0, 0.1) is 0 Å². The summed E-state index contributed by atoms with van der Waals surface area (Å²) in [5.41, 5.74) is 1.33. The van der Waals surface area contributed by atoms with Crippen molar-refractivity contribution < 1.29 is 4.79 Å². The first-order valence-corrected chi connectivity index (χ1v) is 8.65. The highest BCUT2D eigenvalue weighted by molar-refractivity contribution is 7.10. The molecule has 0 atom stereocenters. The summed E-state index contributed by atoms with van der Waals surface area (Å²) in [7, 11) is 0. The van der Waals surface area contributed by atoms with Crippen molar-refractivity contribution in [1.29, 1.82) is 0 Å². The van der Waals surface area contributed by atoms with E-state index in [0.29, 0.717) is 6.54 Å². The fraction of sp³-hybridized carbons (Fsp3) is 0.400. The zero-order chi connectivity index (χ0) is 13.8. The lowest BCUT2D eigenvalue weighted by atomic mass is 10.1. The zero-order valence-electron chi connectivity index (χ0n) is 11.3. The third-order valence-corrected chi connectivity index (χ3v) is 5.52. The van der Waals surface area contributed by atoms with Crippen molar-refractivity contribution in [3.8, 4) is 0 Å².